The number of hydrogen-bond acceptors (Lipinski definition) is 3. The van der Waals surface area contributed by atoms with Crippen molar-refractivity contribution in [1.29, 1.82) is 0 Å². The van der Waals surface area contributed by atoms with E-state index in [1.54, 1.807) is 0 Å². The molecular weight excluding hydrogens is 336 g/mol. The number of amides is 1. The lowest BCUT2D eigenvalue weighted by molar-refractivity contribution is -0.132. The van der Waals surface area contributed by atoms with Gasteiger partial charge in [-0.1, -0.05) is 36.4 Å². The zero-order valence-electron chi connectivity index (χ0n) is 16.2. The number of H-pyrrole nitrogens is 1. The van der Waals surface area contributed by atoms with Gasteiger partial charge in [-0.05, 0) is 44.0 Å². The molecule has 3 aromatic rings. The molecule has 0 spiro atoms. The van der Waals surface area contributed by atoms with Gasteiger partial charge in [0.15, 0.2) is 0 Å². The lowest BCUT2D eigenvalue weighted by atomic mass is 10.1. The molecule has 0 bridgehead atoms. The summed E-state index contributed by atoms with van der Waals surface area (Å²) in [6.45, 7) is 7.09. The smallest absolute Gasteiger partial charge is 0.223 e. The van der Waals surface area contributed by atoms with Gasteiger partial charge in [0.1, 0.15) is 0 Å². The molecule has 27 heavy (non-hydrogen) atoms. The Morgan fingerprint density at radius 3 is 2.44 bits per heavy atom. The van der Waals surface area contributed by atoms with Gasteiger partial charge >= 0.3 is 0 Å². The second-order valence-corrected chi connectivity index (χ2v) is 6.93. The van der Waals surface area contributed by atoms with E-state index in [9.17, 15) is 4.79 Å². The van der Waals surface area contributed by atoms with E-state index in [1.165, 1.54) is 0 Å². The molecule has 0 saturated heterocycles. The Morgan fingerprint density at radius 2 is 1.78 bits per heavy atom. The molecule has 1 amide bonds. The minimum atomic E-state index is 0.113. The third-order valence-electron chi connectivity index (χ3n) is 4.80. The molecule has 0 fully saturated rings. The SMILES string of the molecule is Cc1cccc(CN(Cc2ccccc2)C(=O)CCc2n[nH]c(C)c2C)n1. The lowest BCUT2D eigenvalue weighted by Gasteiger charge is -2.23. The summed E-state index contributed by atoms with van der Waals surface area (Å²) in [6, 6.07) is 16.0. The van der Waals surface area contributed by atoms with E-state index >= 15 is 0 Å². The zero-order chi connectivity index (χ0) is 19.2. The standard InChI is InChI=1S/C22H26N4O/c1-16-8-7-11-20(23-16)15-26(14-19-9-5-4-6-10-19)22(27)13-12-21-17(2)18(3)24-25-21/h4-11H,12-15H2,1-3H3,(H,24,25). The Balaban J connectivity index is 1.73. The van der Waals surface area contributed by atoms with Gasteiger partial charge in [-0.3, -0.25) is 14.9 Å². The number of aromatic nitrogens is 3. The molecule has 2 aromatic heterocycles. The topological polar surface area (TPSA) is 61.9 Å². The molecule has 0 aliphatic heterocycles. The Hall–Kier alpha value is -2.95. The molecule has 0 unspecified atom stereocenters. The van der Waals surface area contributed by atoms with Crippen LogP contribution in [0.3, 0.4) is 0 Å². The van der Waals surface area contributed by atoms with Crippen LogP contribution in [0.15, 0.2) is 48.5 Å². The summed E-state index contributed by atoms with van der Waals surface area (Å²) >= 11 is 0. The highest BCUT2D eigenvalue weighted by Crippen LogP contribution is 2.14. The Morgan fingerprint density at radius 1 is 1.00 bits per heavy atom. The molecule has 0 aliphatic carbocycles. The number of carbonyl (C=O) groups excluding carboxylic acids is 1. The van der Waals surface area contributed by atoms with E-state index in [0.717, 1.165) is 33.9 Å². The van der Waals surface area contributed by atoms with Crippen molar-refractivity contribution in [2.45, 2.75) is 46.7 Å². The third-order valence-corrected chi connectivity index (χ3v) is 4.80. The summed E-state index contributed by atoms with van der Waals surface area (Å²) in [5.74, 6) is 0.113. The maximum absolute atomic E-state index is 13.0. The first-order valence-electron chi connectivity index (χ1n) is 9.27. The quantitative estimate of drug-likeness (QED) is 0.693. The molecule has 1 N–H and O–H groups in total. The van der Waals surface area contributed by atoms with Gasteiger partial charge in [0.05, 0.1) is 17.9 Å². The van der Waals surface area contributed by atoms with Gasteiger partial charge in [-0.15, -0.1) is 0 Å². The molecule has 1 aromatic carbocycles. The molecule has 0 saturated carbocycles. The number of nitrogens with zero attached hydrogens (tertiary/aromatic N) is 3. The van der Waals surface area contributed by atoms with Crippen molar-refractivity contribution >= 4 is 5.91 Å². The number of aromatic amines is 1. The summed E-state index contributed by atoms with van der Waals surface area (Å²) in [5.41, 5.74) is 6.15. The highest BCUT2D eigenvalue weighted by Gasteiger charge is 2.17. The van der Waals surface area contributed by atoms with E-state index in [0.29, 0.717) is 25.9 Å². The maximum Gasteiger partial charge on any atom is 0.223 e. The first-order valence-corrected chi connectivity index (χ1v) is 9.27. The predicted molar refractivity (Wildman–Crippen MR) is 106 cm³/mol. The number of hydrogen-bond donors (Lipinski definition) is 1. The first-order chi connectivity index (χ1) is 13.0. The Labute approximate surface area is 160 Å². The van der Waals surface area contributed by atoms with Crippen molar-refractivity contribution in [3.63, 3.8) is 0 Å². The van der Waals surface area contributed by atoms with Crippen molar-refractivity contribution in [2.75, 3.05) is 0 Å². The third kappa shape index (κ3) is 5.03. The largest absolute Gasteiger partial charge is 0.332 e. The Kier molecular flexibility index (Phi) is 6.01. The van der Waals surface area contributed by atoms with Crippen LogP contribution in [0.2, 0.25) is 0 Å². The highest BCUT2D eigenvalue weighted by molar-refractivity contribution is 5.76. The van der Waals surface area contributed by atoms with Gasteiger partial charge in [-0.25, -0.2) is 0 Å². The average Bonchev–Trinajstić information content (AvgIpc) is 2.98. The van der Waals surface area contributed by atoms with Crippen LogP contribution >= 0.6 is 0 Å². The number of aryl methyl sites for hydroxylation is 3. The summed E-state index contributed by atoms with van der Waals surface area (Å²) in [4.78, 5) is 19.4. The molecular formula is C22H26N4O. The molecule has 5 nitrogen and oxygen atoms in total. The van der Waals surface area contributed by atoms with Crippen LogP contribution in [0.5, 0.6) is 0 Å². The fourth-order valence-corrected chi connectivity index (χ4v) is 3.08. The minimum absolute atomic E-state index is 0.113. The van der Waals surface area contributed by atoms with Crippen molar-refractivity contribution in [1.82, 2.24) is 20.1 Å². The van der Waals surface area contributed by atoms with Crippen LogP contribution in [0.4, 0.5) is 0 Å². The van der Waals surface area contributed by atoms with Crippen molar-refractivity contribution in [3.05, 3.63) is 82.4 Å². The van der Waals surface area contributed by atoms with E-state index < -0.39 is 0 Å². The monoisotopic (exact) mass is 362 g/mol. The van der Waals surface area contributed by atoms with Crippen LogP contribution in [-0.4, -0.2) is 26.0 Å². The van der Waals surface area contributed by atoms with E-state index in [1.807, 2.05) is 74.2 Å². The van der Waals surface area contributed by atoms with Crippen LogP contribution in [0.25, 0.3) is 0 Å². The van der Waals surface area contributed by atoms with Gasteiger partial charge in [0.25, 0.3) is 0 Å². The number of nitrogens with one attached hydrogen (secondary N) is 1. The second kappa shape index (κ2) is 8.62. The Bertz CT molecular complexity index is 902. The molecule has 0 atom stereocenters. The fourth-order valence-electron chi connectivity index (χ4n) is 3.08. The predicted octanol–water partition coefficient (Wildman–Crippen LogP) is 3.89. The molecule has 3 rings (SSSR count). The molecule has 5 heteroatoms. The van der Waals surface area contributed by atoms with Crippen LogP contribution in [0.1, 0.15) is 40.3 Å². The summed E-state index contributed by atoms with van der Waals surface area (Å²) in [5, 5.41) is 7.31. The summed E-state index contributed by atoms with van der Waals surface area (Å²) in [7, 11) is 0. The number of pyridine rings is 1. The molecule has 2 heterocycles. The maximum atomic E-state index is 13.0. The zero-order valence-corrected chi connectivity index (χ0v) is 16.2. The van der Waals surface area contributed by atoms with Gasteiger partial charge in [0.2, 0.25) is 5.91 Å². The number of rotatable bonds is 7. The van der Waals surface area contributed by atoms with Crippen LogP contribution < -0.4 is 0 Å². The van der Waals surface area contributed by atoms with Crippen LogP contribution in [0, 0.1) is 20.8 Å². The minimum Gasteiger partial charge on any atom is -0.332 e. The van der Waals surface area contributed by atoms with Gasteiger partial charge in [0, 0.05) is 30.8 Å². The average molecular weight is 362 g/mol. The van der Waals surface area contributed by atoms with Crippen LogP contribution in [-0.2, 0) is 24.3 Å². The molecule has 140 valence electrons. The summed E-state index contributed by atoms with van der Waals surface area (Å²) in [6.07, 6.45) is 1.07. The second-order valence-electron chi connectivity index (χ2n) is 6.93. The lowest BCUT2D eigenvalue weighted by Crippen LogP contribution is -2.30. The molecule has 0 radical (unpaired) electrons. The van der Waals surface area contributed by atoms with Crippen molar-refractivity contribution < 1.29 is 4.79 Å². The fraction of sp³-hybridized carbons (Fsp3) is 0.318. The highest BCUT2D eigenvalue weighted by atomic mass is 16.2. The molecule has 0 aliphatic rings. The van der Waals surface area contributed by atoms with E-state index in [-0.39, 0.29) is 5.91 Å². The van der Waals surface area contributed by atoms with Crippen molar-refractivity contribution in [2.24, 2.45) is 0 Å². The first kappa shape index (κ1) is 18.8. The van der Waals surface area contributed by atoms with E-state index in [2.05, 4.69) is 15.2 Å². The van der Waals surface area contributed by atoms with Crippen molar-refractivity contribution in [3.8, 4) is 0 Å². The van der Waals surface area contributed by atoms with Gasteiger partial charge < -0.3 is 4.90 Å². The number of carbonyl (C=O) groups is 1. The number of benzene rings is 1. The van der Waals surface area contributed by atoms with Gasteiger partial charge in [-0.2, -0.15) is 5.10 Å². The normalized spacial score (nSPS) is 10.8. The van der Waals surface area contributed by atoms with E-state index in [4.69, 9.17) is 0 Å². The summed E-state index contributed by atoms with van der Waals surface area (Å²) < 4.78 is 0.